The van der Waals surface area contributed by atoms with Crippen LogP contribution in [0.25, 0.3) is 0 Å². The summed E-state index contributed by atoms with van der Waals surface area (Å²) < 4.78 is 0. The first-order valence-corrected chi connectivity index (χ1v) is 9.64. The monoisotopic (exact) mass is 348 g/mol. The molecule has 2 fully saturated rings. The molecular formula is C21H24N4O. The first-order chi connectivity index (χ1) is 12.7. The van der Waals surface area contributed by atoms with Crippen LogP contribution in [-0.2, 0) is 12.8 Å². The third-order valence-corrected chi connectivity index (χ3v) is 6.36. The molecule has 5 heteroatoms. The van der Waals surface area contributed by atoms with Gasteiger partial charge in [-0.05, 0) is 73.3 Å². The van der Waals surface area contributed by atoms with Crippen molar-refractivity contribution in [3.05, 3.63) is 53.5 Å². The standard InChI is InChI=1S/C21H24N4O/c26-20(17-5-4-15-2-1-3-16(15)10-17)25-9-7-21(13-25)11-18(12-21)24-19-6-8-22-14-23-19/h4-6,8,10,14,18H,1-3,7,9,11-13H2,(H,22,23,24). The predicted molar refractivity (Wildman–Crippen MR) is 100 cm³/mol. The molecule has 134 valence electrons. The maximum atomic E-state index is 12.9. The minimum absolute atomic E-state index is 0.212. The number of nitrogens with one attached hydrogen (secondary N) is 1. The van der Waals surface area contributed by atoms with E-state index < -0.39 is 0 Å². The van der Waals surface area contributed by atoms with E-state index in [0.717, 1.165) is 56.6 Å². The van der Waals surface area contributed by atoms with Gasteiger partial charge in [-0.1, -0.05) is 6.07 Å². The van der Waals surface area contributed by atoms with Gasteiger partial charge in [0.15, 0.2) is 0 Å². The van der Waals surface area contributed by atoms with E-state index in [-0.39, 0.29) is 5.91 Å². The SMILES string of the molecule is O=C(c1ccc2c(c1)CCC2)N1CCC2(CC(Nc3ccncn3)C2)C1. The van der Waals surface area contributed by atoms with Gasteiger partial charge in [0.05, 0.1) is 0 Å². The smallest absolute Gasteiger partial charge is 0.253 e. The van der Waals surface area contributed by atoms with Gasteiger partial charge in [-0.15, -0.1) is 0 Å². The highest BCUT2D eigenvalue weighted by Gasteiger charge is 2.49. The summed E-state index contributed by atoms with van der Waals surface area (Å²) in [5.74, 6) is 1.10. The number of fused-ring (bicyclic) bond motifs is 1. The molecule has 1 amide bonds. The van der Waals surface area contributed by atoms with Crippen molar-refractivity contribution >= 4 is 11.7 Å². The lowest BCUT2D eigenvalue weighted by Crippen LogP contribution is -2.47. The number of aromatic nitrogens is 2. The highest BCUT2D eigenvalue weighted by Crippen LogP contribution is 2.49. The molecule has 0 radical (unpaired) electrons. The number of amides is 1. The Balaban J connectivity index is 1.21. The van der Waals surface area contributed by atoms with Crippen LogP contribution in [0.1, 0.15) is 47.2 Å². The van der Waals surface area contributed by atoms with Crippen LogP contribution in [0.5, 0.6) is 0 Å². The van der Waals surface area contributed by atoms with Crippen LogP contribution in [0.4, 0.5) is 5.82 Å². The second-order valence-corrected chi connectivity index (χ2v) is 8.16. The Hall–Kier alpha value is -2.43. The van der Waals surface area contributed by atoms with Crippen molar-refractivity contribution < 1.29 is 4.79 Å². The van der Waals surface area contributed by atoms with Crippen LogP contribution >= 0.6 is 0 Å². The van der Waals surface area contributed by atoms with Crippen LogP contribution < -0.4 is 5.32 Å². The van der Waals surface area contributed by atoms with Crippen LogP contribution in [0.2, 0.25) is 0 Å². The number of carbonyl (C=O) groups excluding carboxylic acids is 1. The van der Waals surface area contributed by atoms with Gasteiger partial charge < -0.3 is 10.2 Å². The number of benzene rings is 1. The van der Waals surface area contributed by atoms with Crippen molar-refractivity contribution in [2.45, 2.75) is 44.6 Å². The van der Waals surface area contributed by atoms with Gasteiger partial charge in [-0.25, -0.2) is 9.97 Å². The van der Waals surface area contributed by atoms with E-state index in [1.807, 2.05) is 12.1 Å². The number of hydrogen-bond acceptors (Lipinski definition) is 4. The second kappa shape index (κ2) is 6.08. The maximum absolute atomic E-state index is 12.9. The molecule has 5 rings (SSSR count). The summed E-state index contributed by atoms with van der Waals surface area (Å²) in [6, 6.07) is 8.68. The fourth-order valence-corrected chi connectivity index (χ4v) is 5.00. The molecule has 1 spiro atoms. The zero-order chi connectivity index (χ0) is 17.6. The summed E-state index contributed by atoms with van der Waals surface area (Å²) in [5, 5.41) is 3.48. The van der Waals surface area contributed by atoms with Crippen molar-refractivity contribution in [1.82, 2.24) is 14.9 Å². The number of hydrogen-bond donors (Lipinski definition) is 1. The Bertz CT molecular complexity index is 829. The average Bonchev–Trinajstić information content (AvgIpc) is 3.28. The molecule has 1 aromatic carbocycles. The van der Waals surface area contributed by atoms with Crippen LogP contribution in [-0.4, -0.2) is 39.9 Å². The molecule has 0 atom stereocenters. The number of nitrogens with zero attached hydrogens (tertiary/aromatic N) is 3. The lowest BCUT2D eigenvalue weighted by atomic mass is 9.65. The molecular weight excluding hydrogens is 324 g/mol. The van der Waals surface area contributed by atoms with E-state index in [1.165, 1.54) is 17.5 Å². The van der Waals surface area contributed by atoms with Crippen LogP contribution in [0.3, 0.4) is 0 Å². The average molecular weight is 348 g/mol. The Morgan fingerprint density at radius 1 is 1.19 bits per heavy atom. The molecule has 1 aliphatic heterocycles. The quantitative estimate of drug-likeness (QED) is 0.926. The lowest BCUT2D eigenvalue weighted by molar-refractivity contribution is 0.0716. The van der Waals surface area contributed by atoms with E-state index in [4.69, 9.17) is 0 Å². The van der Waals surface area contributed by atoms with Crippen LogP contribution in [0, 0.1) is 5.41 Å². The summed E-state index contributed by atoms with van der Waals surface area (Å²) in [6.45, 7) is 1.78. The molecule has 3 aliphatic rings. The predicted octanol–water partition coefficient (Wildman–Crippen LogP) is 3.07. The van der Waals surface area contributed by atoms with E-state index >= 15 is 0 Å². The van der Waals surface area contributed by atoms with Gasteiger partial charge in [-0.2, -0.15) is 0 Å². The number of rotatable bonds is 3. The number of aryl methyl sites for hydroxylation is 2. The molecule has 1 saturated carbocycles. The summed E-state index contributed by atoms with van der Waals surface area (Å²) in [7, 11) is 0. The Morgan fingerprint density at radius 3 is 2.92 bits per heavy atom. The van der Waals surface area contributed by atoms with Crippen LogP contribution in [0.15, 0.2) is 36.8 Å². The molecule has 26 heavy (non-hydrogen) atoms. The van der Waals surface area contributed by atoms with Gasteiger partial charge in [0, 0.05) is 30.9 Å². The summed E-state index contributed by atoms with van der Waals surface area (Å²) in [6.07, 6.45) is 10.2. The van der Waals surface area contributed by atoms with Crippen molar-refractivity contribution in [2.24, 2.45) is 5.41 Å². The van der Waals surface area contributed by atoms with Crippen molar-refractivity contribution in [3.8, 4) is 0 Å². The molecule has 1 aromatic heterocycles. The Labute approximate surface area is 153 Å². The number of carbonyl (C=O) groups is 1. The van der Waals surface area contributed by atoms with Gasteiger partial charge in [0.1, 0.15) is 12.1 Å². The molecule has 0 unspecified atom stereocenters. The topological polar surface area (TPSA) is 58.1 Å². The van der Waals surface area contributed by atoms with E-state index in [1.54, 1.807) is 12.5 Å². The minimum atomic E-state index is 0.212. The normalized spacial score (nSPS) is 26.6. The number of anilines is 1. The zero-order valence-electron chi connectivity index (χ0n) is 14.9. The first-order valence-electron chi connectivity index (χ1n) is 9.64. The highest BCUT2D eigenvalue weighted by molar-refractivity contribution is 5.94. The Kier molecular flexibility index (Phi) is 3.69. The van der Waals surface area contributed by atoms with E-state index in [2.05, 4.69) is 32.3 Å². The van der Waals surface area contributed by atoms with Gasteiger partial charge >= 0.3 is 0 Å². The summed E-state index contributed by atoms with van der Waals surface area (Å²) in [4.78, 5) is 23.2. The lowest BCUT2D eigenvalue weighted by Gasteiger charge is -2.45. The van der Waals surface area contributed by atoms with Crippen molar-refractivity contribution in [3.63, 3.8) is 0 Å². The molecule has 1 N–H and O–H groups in total. The third-order valence-electron chi connectivity index (χ3n) is 6.36. The van der Waals surface area contributed by atoms with E-state index in [9.17, 15) is 4.79 Å². The molecule has 2 aromatic rings. The number of likely N-dealkylation sites (tertiary alicyclic amines) is 1. The highest BCUT2D eigenvalue weighted by atomic mass is 16.2. The molecule has 1 saturated heterocycles. The van der Waals surface area contributed by atoms with Gasteiger partial charge in [-0.3, -0.25) is 4.79 Å². The Morgan fingerprint density at radius 2 is 2.08 bits per heavy atom. The largest absolute Gasteiger partial charge is 0.367 e. The molecule has 2 aliphatic carbocycles. The zero-order valence-corrected chi connectivity index (χ0v) is 14.9. The minimum Gasteiger partial charge on any atom is -0.367 e. The molecule has 0 bridgehead atoms. The maximum Gasteiger partial charge on any atom is 0.253 e. The molecule has 2 heterocycles. The fraction of sp³-hybridized carbons (Fsp3) is 0.476. The first kappa shape index (κ1) is 15.8. The summed E-state index contributed by atoms with van der Waals surface area (Å²) in [5.41, 5.74) is 3.98. The van der Waals surface area contributed by atoms with Gasteiger partial charge in [0.2, 0.25) is 0 Å². The summed E-state index contributed by atoms with van der Waals surface area (Å²) >= 11 is 0. The van der Waals surface area contributed by atoms with Crippen molar-refractivity contribution in [2.75, 3.05) is 18.4 Å². The second-order valence-electron chi connectivity index (χ2n) is 8.16. The van der Waals surface area contributed by atoms with Crippen molar-refractivity contribution in [1.29, 1.82) is 0 Å². The van der Waals surface area contributed by atoms with Gasteiger partial charge in [0.25, 0.3) is 5.91 Å². The van der Waals surface area contributed by atoms with E-state index in [0.29, 0.717) is 11.5 Å². The molecule has 5 nitrogen and oxygen atoms in total. The third kappa shape index (κ3) is 2.75. The fourth-order valence-electron chi connectivity index (χ4n) is 5.00.